The van der Waals surface area contributed by atoms with Crippen LogP contribution in [0.5, 0.6) is 0 Å². The van der Waals surface area contributed by atoms with Crippen LogP contribution in [0.1, 0.15) is 11.1 Å². The van der Waals surface area contributed by atoms with Crippen molar-refractivity contribution in [2.45, 2.75) is 13.8 Å². The minimum atomic E-state index is -0.535. The number of nitrogens with one attached hydrogen (secondary N) is 1. The van der Waals surface area contributed by atoms with E-state index in [2.05, 4.69) is 30.6 Å². The lowest BCUT2D eigenvalue weighted by atomic mass is 10.0. The highest BCUT2D eigenvalue weighted by Crippen LogP contribution is 2.27. The van der Waals surface area contributed by atoms with Crippen LogP contribution < -0.4 is 5.76 Å². The largest absolute Gasteiger partial charge is 0.439 e. The summed E-state index contributed by atoms with van der Waals surface area (Å²) in [5.74, 6) is -0.0609. The van der Waals surface area contributed by atoms with Crippen LogP contribution in [-0.4, -0.2) is 10.1 Å². The number of aromatic amines is 1. The summed E-state index contributed by atoms with van der Waals surface area (Å²) in [6, 6.07) is 3.94. The maximum atomic E-state index is 10.9. The number of H-pyrrole nitrogens is 1. The first-order valence-electron chi connectivity index (χ1n) is 4.41. The highest BCUT2D eigenvalue weighted by atomic mass is 79.9. The predicted octanol–water partition coefficient (Wildman–Crippen LogP) is 2.41. The van der Waals surface area contributed by atoms with Gasteiger partial charge >= 0.3 is 5.76 Å². The minimum absolute atomic E-state index is 0.475. The molecule has 0 bridgehead atoms. The first-order valence-corrected chi connectivity index (χ1v) is 5.20. The van der Waals surface area contributed by atoms with Crippen molar-refractivity contribution in [2.24, 2.45) is 0 Å². The van der Waals surface area contributed by atoms with Gasteiger partial charge in [-0.3, -0.25) is 9.51 Å². The zero-order chi connectivity index (χ0) is 11.0. The van der Waals surface area contributed by atoms with Crippen LogP contribution in [0.2, 0.25) is 0 Å². The summed E-state index contributed by atoms with van der Waals surface area (Å²) < 4.78 is 5.49. The van der Waals surface area contributed by atoms with E-state index in [0.717, 1.165) is 21.2 Å². The van der Waals surface area contributed by atoms with Crippen LogP contribution in [0.15, 0.2) is 25.9 Å². The van der Waals surface area contributed by atoms with Crippen molar-refractivity contribution in [2.75, 3.05) is 0 Å². The lowest BCUT2D eigenvalue weighted by molar-refractivity contribution is 0.388. The quantitative estimate of drug-likeness (QED) is 0.864. The van der Waals surface area contributed by atoms with Crippen LogP contribution in [0.3, 0.4) is 0 Å². The molecule has 1 aromatic heterocycles. The molecule has 0 aliphatic rings. The standard InChI is InChI=1S/C10H9BrN2O2/c1-5-3-7(11)4-6(2)8(5)9-12-10(14)15-13-9/h3-4H,1-2H3,(H,12,13,14). The van der Waals surface area contributed by atoms with Crippen LogP contribution in [-0.2, 0) is 0 Å². The van der Waals surface area contributed by atoms with Gasteiger partial charge in [0.05, 0.1) is 0 Å². The number of aromatic nitrogens is 2. The van der Waals surface area contributed by atoms with Crippen LogP contribution in [0, 0.1) is 13.8 Å². The van der Waals surface area contributed by atoms with Crippen molar-refractivity contribution in [3.05, 3.63) is 38.3 Å². The molecule has 1 heterocycles. The Labute approximate surface area is 94.4 Å². The third-order valence-electron chi connectivity index (χ3n) is 2.17. The van der Waals surface area contributed by atoms with E-state index >= 15 is 0 Å². The Morgan fingerprint density at radius 1 is 1.33 bits per heavy atom. The number of rotatable bonds is 1. The van der Waals surface area contributed by atoms with Gasteiger partial charge in [0, 0.05) is 10.0 Å². The van der Waals surface area contributed by atoms with E-state index in [4.69, 9.17) is 0 Å². The van der Waals surface area contributed by atoms with E-state index in [-0.39, 0.29) is 0 Å². The molecule has 0 unspecified atom stereocenters. The number of hydrogen-bond acceptors (Lipinski definition) is 3. The molecule has 4 nitrogen and oxygen atoms in total. The summed E-state index contributed by atoms with van der Waals surface area (Å²) in [6.07, 6.45) is 0. The van der Waals surface area contributed by atoms with E-state index in [0.29, 0.717) is 5.82 Å². The fourth-order valence-corrected chi connectivity index (χ4v) is 2.31. The molecule has 0 saturated heterocycles. The molecule has 0 saturated carbocycles. The molecule has 0 fully saturated rings. The number of halogens is 1. The summed E-state index contributed by atoms with van der Waals surface area (Å²) in [7, 11) is 0. The zero-order valence-electron chi connectivity index (χ0n) is 8.30. The van der Waals surface area contributed by atoms with E-state index < -0.39 is 5.76 Å². The van der Waals surface area contributed by atoms with E-state index in [9.17, 15) is 4.79 Å². The Balaban J connectivity index is 2.67. The Bertz CT molecular complexity index is 534. The van der Waals surface area contributed by atoms with Crippen molar-refractivity contribution in [1.82, 2.24) is 10.1 Å². The molecule has 2 rings (SSSR count). The van der Waals surface area contributed by atoms with E-state index in [1.807, 2.05) is 26.0 Å². The molecule has 2 aromatic rings. The van der Waals surface area contributed by atoms with Crippen molar-refractivity contribution in [3.63, 3.8) is 0 Å². The monoisotopic (exact) mass is 268 g/mol. The smallest absolute Gasteiger partial charge is 0.296 e. The SMILES string of the molecule is Cc1cc(Br)cc(C)c1-c1noc(=O)[nH]1. The molecule has 0 atom stereocenters. The fourth-order valence-electron chi connectivity index (χ4n) is 1.62. The summed E-state index contributed by atoms with van der Waals surface area (Å²) >= 11 is 3.41. The molecule has 78 valence electrons. The molecule has 1 aromatic carbocycles. The molecular weight excluding hydrogens is 260 g/mol. The van der Waals surface area contributed by atoms with Gasteiger partial charge in [0.25, 0.3) is 0 Å². The number of benzene rings is 1. The zero-order valence-corrected chi connectivity index (χ0v) is 9.88. The second kappa shape index (κ2) is 3.66. The summed E-state index contributed by atoms with van der Waals surface area (Å²) in [5, 5.41) is 3.68. The molecule has 5 heteroatoms. The first kappa shape index (κ1) is 10.2. The third kappa shape index (κ3) is 1.87. The average molecular weight is 269 g/mol. The predicted molar refractivity (Wildman–Crippen MR) is 59.7 cm³/mol. The lowest BCUT2D eigenvalue weighted by Crippen LogP contribution is -1.96. The van der Waals surface area contributed by atoms with Crippen LogP contribution >= 0.6 is 15.9 Å². The van der Waals surface area contributed by atoms with Gasteiger partial charge in [-0.15, -0.1) is 0 Å². The molecular formula is C10H9BrN2O2. The Hall–Kier alpha value is -1.36. The highest BCUT2D eigenvalue weighted by molar-refractivity contribution is 9.10. The summed E-state index contributed by atoms with van der Waals surface area (Å²) in [6.45, 7) is 3.92. The molecule has 0 amide bonds. The Morgan fingerprint density at radius 3 is 2.40 bits per heavy atom. The van der Waals surface area contributed by atoms with Crippen molar-refractivity contribution < 1.29 is 4.52 Å². The topological polar surface area (TPSA) is 58.9 Å². The second-order valence-corrected chi connectivity index (χ2v) is 4.27. The maximum Gasteiger partial charge on any atom is 0.439 e. The molecule has 0 radical (unpaired) electrons. The number of nitrogens with zero attached hydrogens (tertiary/aromatic N) is 1. The molecule has 1 N–H and O–H groups in total. The highest BCUT2D eigenvalue weighted by Gasteiger charge is 2.11. The van der Waals surface area contributed by atoms with E-state index in [1.165, 1.54) is 0 Å². The van der Waals surface area contributed by atoms with Gasteiger partial charge in [-0.1, -0.05) is 21.1 Å². The normalized spacial score (nSPS) is 10.6. The van der Waals surface area contributed by atoms with Gasteiger partial charge in [0.1, 0.15) is 0 Å². The van der Waals surface area contributed by atoms with E-state index in [1.54, 1.807) is 0 Å². The fraction of sp³-hybridized carbons (Fsp3) is 0.200. The Morgan fingerprint density at radius 2 is 1.93 bits per heavy atom. The summed E-state index contributed by atoms with van der Waals surface area (Å²) in [5.41, 5.74) is 2.97. The van der Waals surface area contributed by atoms with Crippen LogP contribution in [0.4, 0.5) is 0 Å². The van der Waals surface area contributed by atoms with Gasteiger partial charge in [-0.2, -0.15) is 0 Å². The van der Waals surface area contributed by atoms with Crippen molar-refractivity contribution >= 4 is 15.9 Å². The van der Waals surface area contributed by atoms with Gasteiger partial charge in [-0.05, 0) is 37.1 Å². The second-order valence-electron chi connectivity index (χ2n) is 3.36. The number of aryl methyl sites for hydroxylation is 2. The average Bonchev–Trinajstić information content (AvgIpc) is 2.49. The maximum absolute atomic E-state index is 10.9. The van der Waals surface area contributed by atoms with Gasteiger partial charge < -0.3 is 0 Å². The van der Waals surface area contributed by atoms with Crippen molar-refractivity contribution in [3.8, 4) is 11.4 Å². The molecule has 0 aliphatic carbocycles. The third-order valence-corrected chi connectivity index (χ3v) is 2.63. The van der Waals surface area contributed by atoms with Crippen molar-refractivity contribution in [1.29, 1.82) is 0 Å². The minimum Gasteiger partial charge on any atom is -0.296 e. The number of hydrogen-bond donors (Lipinski definition) is 1. The summed E-state index contributed by atoms with van der Waals surface area (Å²) in [4.78, 5) is 13.4. The van der Waals surface area contributed by atoms with Gasteiger partial charge in [0.15, 0.2) is 5.82 Å². The lowest BCUT2D eigenvalue weighted by Gasteiger charge is -2.06. The Kier molecular flexibility index (Phi) is 2.48. The van der Waals surface area contributed by atoms with Gasteiger partial charge in [-0.25, -0.2) is 4.79 Å². The van der Waals surface area contributed by atoms with Gasteiger partial charge in [0.2, 0.25) is 0 Å². The van der Waals surface area contributed by atoms with Crippen LogP contribution in [0.25, 0.3) is 11.4 Å². The molecule has 0 aliphatic heterocycles. The molecule has 15 heavy (non-hydrogen) atoms. The molecule has 0 spiro atoms. The first-order chi connectivity index (χ1) is 7.08.